The van der Waals surface area contributed by atoms with Gasteiger partial charge in [0.25, 0.3) is 5.91 Å². The molecule has 1 amide bonds. The summed E-state index contributed by atoms with van der Waals surface area (Å²) in [5.41, 5.74) is 12.5. The molecule has 0 atom stereocenters. The third-order valence-corrected chi connectivity index (χ3v) is 7.98. The second-order valence-corrected chi connectivity index (χ2v) is 11.2. The Hall–Kier alpha value is -4.78. The molecule has 0 fully saturated rings. The Morgan fingerprint density at radius 2 is 1.91 bits per heavy atom. The lowest BCUT2D eigenvalue weighted by molar-refractivity contribution is 0.100. The molecule has 0 aliphatic carbocycles. The normalized spacial score (nSPS) is 12.6. The highest BCUT2D eigenvalue weighted by Crippen LogP contribution is 2.44. The molecule has 3 aromatic heterocycles. The number of fused-ring (bicyclic) bond motifs is 4. The highest BCUT2D eigenvalue weighted by atomic mass is 79.9. The number of carbonyl (C=O) groups is 1. The van der Waals surface area contributed by atoms with Crippen LogP contribution in [0.3, 0.4) is 0 Å². The number of amides is 1. The molecule has 0 saturated heterocycles. The fourth-order valence-electron chi connectivity index (χ4n) is 5.42. The van der Waals surface area contributed by atoms with Crippen molar-refractivity contribution < 1.29 is 9.53 Å². The number of nitrogens with one attached hydrogen (secondary N) is 2. The van der Waals surface area contributed by atoms with Crippen LogP contribution in [0.5, 0.6) is 5.75 Å². The minimum atomic E-state index is -0.631. The highest BCUT2D eigenvalue weighted by molar-refractivity contribution is 9.10. The molecule has 0 saturated carbocycles. The fraction of sp³-hybridized carbons (Fsp3) is 0.267. The van der Waals surface area contributed by atoms with E-state index in [0.717, 1.165) is 29.8 Å². The van der Waals surface area contributed by atoms with Crippen molar-refractivity contribution in [3.63, 3.8) is 0 Å². The van der Waals surface area contributed by atoms with Crippen LogP contribution in [-0.2, 0) is 13.5 Å². The van der Waals surface area contributed by atoms with Gasteiger partial charge in [-0.25, -0.2) is 4.98 Å². The molecule has 5 aromatic rings. The van der Waals surface area contributed by atoms with Crippen LogP contribution in [0, 0.1) is 0 Å². The monoisotopic (exact) mass is 642 g/mol. The van der Waals surface area contributed by atoms with Gasteiger partial charge in [0.1, 0.15) is 17.1 Å². The van der Waals surface area contributed by atoms with Gasteiger partial charge in [0.2, 0.25) is 5.95 Å². The topological polar surface area (TPSA) is 149 Å². The van der Waals surface area contributed by atoms with E-state index in [1.807, 2.05) is 24.9 Å². The molecule has 0 unspecified atom stereocenters. The van der Waals surface area contributed by atoms with Crippen molar-refractivity contribution in [2.24, 2.45) is 12.8 Å². The first kappa shape index (κ1) is 28.3. The quantitative estimate of drug-likeness (QED) is 0.202. The molecule has 43 heavy (non-hydrogen) atoms. The van der Waals surface area contributed by atoms with Crippen LogP contribution in [0.1, 0.15) is 36.8 Å². The predicted molar refractivity (Wildman–Crippen MR) is 170 cm³/mol. The lowest BCUT2D eigenvalue weighted by atomic mass is 10.0. The van der Waals surface area contributed by atoms with Gasteiger partial charge >= 0.3 is 0 Å². The summed E-state index contributed by atoms with van der Waals surface area (Å²) in [6.07, 6.45) is 7.51. The van der Waals surface area contributed by atoms with E-state index >= 15 is 0 Å². The second-order valence-electron chi connectivity index (χ2n) is 10.4. The Morgan fingerprint density at radius 3 is 2.67 bits per heavy atom. The van der Waals surface area contributed by atoms with Crippen molar-refractivity contribution in [3.05, 3.63) is 64.8 Å². The highest BCUT2D eigenvalue weighted by Gasteiger charge is 2.26. The van der Waals surface area contributed by atoms with Gasteiger partial charge in [-0.3, -0.25) is 19.4 Å². The molecule has 6 rings (SSSR count). The molecule has 0 bridgehead atoms. The zero-order valence-corrected chi connectivity index (χ0v) is 25.8. The fourth-order valence-corrected chi connectivity index (χ4v) is 5.71. The number of halogens is 1. The van der Waals surface area contributed by atoms with E-state index in [1.54, 1.807) is 24.5 Å². The van der Waals surface area contributed by atoms with E-state index in [0.29, 0.717) is 57.0 Å². The van der Waals surface area contributed by atoms with Gasteiger partial charge in [0, 0.05) is 73.2 Å². The maximum absolute atomic E-state index is 12.4. The summed E-state index contributed by atoms with van der Waals surface area (Å²) in [7, 11) is 1.98. The third-order valence-electron chi connectivity index (χ3n) is 7.40. The maximum Gasteiger partial charge on any atom is 0.253 e. The maximum atomic E-state index is 12.4. The van der Waals surface area contributed by atoms with Crippen LogP contribution < -0.4 is 26.0 Å². The van der Waals surface area contributed by atoms with Crippen LogP contribution in [-0.4, -0.2) is 54.8 Å². The number of hydrogen-bond donors (Lipinski definition) is 3. The molecule has 220 valence electrons. The van der Waals surface area contributed by atoms with E-state index in [2.05, 4.69) is 77.5 Å². The Balaban J connectivity index is 1.41. The zero-order chi connectivity index (χ0) is 30.2. The largest absolute Gasteiger partial charge is 0.492 e. The molecule has 1 aliphatic rings. The molecule has 4 N–H and O–H groups in total. The summed E-state index contributed by atoms with van der Waals surface area (Å²) >= 11 is 3.52. The van der Waals surface area contributed by atoms with Crippen molar-refractivity contribution in [2.75, 3.05) is 28.7 Å². The first-order chi connectivity index (χ1) is 20.7. The number of primary amides is 1. The summed E-state index contributed by atoms with van der Waals surface area (Å²) in [6.45, 7) is 7.70. The first-order valence-corrected chi connectivity index (χ1v) is 14.7. The summed E-state index contributed by atoms with van der Waals surface area (Å²) in [4.78, 5) is 32.7. The molecule has 2 aromatic carbocycles. The van der Waals surface area contributed by atoms with Crippen LogP contribution in [0.25, 0.3) is 22.2 Å². The average Bonchev–Trinajstić information content (AvgIpc) is 3.26. The number of benzene rings is 2. The number of nitrogens with two attached hydrogens (primary N) is 1. The minimum absolute atomic E-state index is 0.219. The van der Waals surface area contributed by atoms with Crippen molar-refractivity contribution >= 4 is 61.7 Å². The van der Waals surface area contributed by atoms with Crippen molar-refractivity contribution in [1.82, 2.24) is 29.7 Å². The van der Waals surface area contributed by atoms with E-state index in [4.69, 9.17) is 15.5 Å². The summed E-state index contributed by atoms with van der Waals surface area (Å²) in [5, 5.41) is 11.1. The smallest absolute Gasteiger partial charge is 0.253 e. The van der Waals surface area contributed by atoms with Gasteiger partial charge in [0.15, 0.2) is 0 Å². The number of hydrogen-bond acceptors (Lipinski definition) is 10. The standard InChI is InChI=1S/C30H31BrN10O2/c1-5-43-25-13-24-17(18-14-36-40(4)23(18)8-11-41(24)16(2)3)12-22(25)38-30-35-15-19(31)29(39-30)37-20-6-7-21-27(26(20)28(32)42)34-10-9-33-21/h6-7,9-10,12-16H,5,8,11H2,1-4H3,(H2,32,42)(H2,35,37,38,39). The van der Waals surface area contributed by atoms with Crippen molar-refractivity contribution in [2.45, 2.75) is 33.2 Å². The van der Waals surface area contributed by atoms with Crippen molar-refractivity contribution in [3.8, 4) is 16.9 Å². The molecule has 0 radical (unpaired) electrons. The zero-order valence-electron chi connectivity index (χ0n) is 24.2. The minimum Gasteiger partial charge on any atom is -0.492 e. The summed E-state index contributed by atoms with van der Waals surface area (Å²) in [6, 6.07) is 7.94. The van der Waals surface area contributed by atoms with Crippen LogP contribution in [0.4, 0.5) is 28.8 Å². The molecule has 4 heterocycles. The van der Waals surface area contributed by atoms with E-state index in [1.165, 1.54) is 11.9 Å². The summed E-state index contributed by atoms with van der Waals surface area (Å²) in [5.74, 6) is 0.808. The number of nitrogens with zero attached hydrogens (tertiary/aromatic N) is 7. The van der Waals surface area contributed by atoms with E-state index in [-0.39, 0.29) is 5.56 Å². The van der Waals surface area contributed by atoms with Gasteiger partial charge in [-0.2, -0.15) is 10.1 Å². The molecule has 13 heteroatoms. The number of aryl methyl sites for hydroxylation is 1. The van der Waals surface area contributed by atoms with Crippen LogP contribution >= 0.6 is 15.9 Å². The SMILES string of the molecule is CCOc1cc2c(cc1Nc1ncc(Br)c(Nc3ccc4nccnc4c3C(N)=O)n1)-c1cnn(C)c1CCN2C(C)C. The molecular weight excluding hydrogens is 612 g/mol. The van der Waals surface area contributed by atoms with Gasteiger partial charge < -0.3 is 26.0 Å². The lowest BCUT2D eigenvalue weighted by Crippen LogP contribution is -2.32. The van der Waals surface area contributed by atoms with Crippen LogP contribution in [0.2, 0.25) is 0 Å². The van der Waals surface area contributed by atoms with E-state index < -0.39 is 5.91 Å². The van der Waals surface area contributed by atoms with Gasteiger partial charge in [-0.1, -0.05) is 0 Å². The van der Waals surface area contributed by atoms with E-state index in [9.17, 15) is 4.79 Å². The average molecular weight is 644 g/mol. The molecule has 0 spiro atoms. The number of ether oxygens (including phenoxy) is 1. The third kappa shape index (κ3) is 5.31. The Morgan fingerprint density at radius 1 is 1.09 bits per heavy atom. The second kappa shape index (κ2) is 11.5. The first-order valence-electron chi connectivity index (χ1n) is 13.9. The van der Waals surface area contributed by atoms with Gasteiger partial charge in [-0.15, -0.1) is 0 Å². The Kier molecular flexibility index (Phi) is 7.57. The number of carbonyl (C=O) groups excluding carboxylic acids is 1. The Labute approximate surface area is 256 Å². The lowest BCUT2D eigenvalue weighted by Gasteiger charge is -2.30. The van der Waals surface area contributed by atoms with Crippen LogP contribution in [0.15, 0.2) is 53.5 Å². The van der Waals surface area contributed by atoms with Crippen molar-refractivity contribution in [1.29, 1.82) is 0 Å². The van der Waals surface area contributed by atoms with Gasteiger partial charge in [-0.05, 0) is 54.9 Å². The molecular formula is C30H31BrN10O2. The molecule has 1 aliphatic heterocycles. The number of anilines is 5. The number of aromatic nitrogens is 6. The summed E-state index contributed by atoms with van der Waals surface area (Å²) < 4.78 is 8.65. The predicted octanol–water partition coefficient (Wildman–Crippen LogP) is 5.34. The molecule has 12 nitrogen and oxygen atoms in total. The number of rotatable bonds is 8. The Bertz CT molecular complexity index is 1860. The van der Waals surface area contributed by atoms with Gasteiger partial charge in [0.05, 0.1) is 39.7 Å².